The zero-order valence-electron chi connectivity index (χ0n) is 5.85. The topological polar surface area (TPSA) is 38.3 Å². The molecule has 0 aromatic rings. The molecule has 5 heteroatoms. The van der Waals surface area contributed by atoms with Gasteiger partial charge in [0, 0.05) is 12.5 Å². The van der Waals surface area contributed by atoms with Crippen LogP contribution in [0.25, 0.3) is 0 Å². The van der Waals surface area contributed by atoms with Crippen LogP contribution in [0.2, 0.25) is 0 Å². The first-order valence-electron chi connectivity index (χ1n) is 3.30. The second kappa shape index (κ2) is 3.13. The van der Waals surface area contributed by atoms with Crippen molar-refractivity contribution in [2.24, 2.45) is 0 Å². The zero-order chi connectivity index (χ0) is 8.32. The monoisotopic (exact) mass is 165 g/mol. The summed E-state index contributed by atoms with van der Waals surface area (Å²) >= 11 is 0. The Morgan fingerprint density at radius 2 is 2.45 bits per heavy atom. The molecule has 1 saturated heterocycles. The Balaban J connectivity index is 2.24. The van der Waals surface area contributed by atoms with E-state index >= 15 is 0 Å². The lowest BCUT2D eigenvalue weighted by atomic mass is 10.2. The van der Waals surface area contributed by atoms with Crippen molar-refractivity contribution in [3.05, 3.63) is 0 Å². The Kier molecular flexibility index (Phi) is 2.38. The lowest BCUT2D eigenvalue weighted by Crippen LogP contribution is -2.26. The highest BCUT2D eigenvalue weighted by Crippen LogP contribution is 2.24. The van der Waals surface area contributed by atoms with E-state index in [2.05, 4.69) is 10.1 Å². The molecule has 0 aromatic heterocycles. The summed E-state index contributed by atoms with van der Waals surface area (Å²) in [6.45, 7) is -0.0306. The van der Waals surface area contributed by atoms with Gasteiger partial charge in [-0.3, -0.25) is 4.79 Å². The van der Waals surface area contributed by atoms with Gasteiger partial charge >= 0.3 is 0 Å². The van der Waals surface area contributed by atoms with Crippen LogP contribution in [0.5, 0.6) is 0 Å². The molecule has 1 aliphatic heterocycles. The van der Waals surface area contributed by atoms with E-state index in [9.17, 15) is 13.6 Å². The predicted octanol–water partition coefficient (Wildman–Crippen LogP) is 0.157. The SMILES string of the molecule is O=COCC1CC(F)(F)CN1. The Morgan fingerprint density at radius 1 is 1.73 bits per heavy atom. The highest BCUT2D eigenvalue weighted by atomic mass is 19.3. The van der Waals surface area contributed by atoms with Gasteiger partial charge in [-0.2, -0.15) is 0 Å². The van der Waals surface area contributed by atoms with Gasteiger partial charge in [0.25, 0.3) is 12.4 Å². The summed E-state index contributed by atoms with van der Waals surface area (Å²) in [6, 6.07) is -0.393. The van der Waals surface area contributed by atoms with Crippen LogP contribution in [0.3, 0.4) is 0 Å². The number of nitrogens with one attached hydrogen (secondary N) is 1. The summed E-state index contributed by atoms with van der Waals surface area (Å²) in [5, 5.41) is 2.55. The van der Waals surface area contributed by atoms with Gasteiger partial charge in [0.15, 0.2) is 0 Å². The number of alkyl halides is 2. The molecule has 0 aliphatic carbocycles. The number of ether oxygens (including phenoxy) is 1. The number of carbonyl (C=O) groups is 1. The molecule has 1 atom stereocenters. The van der Waals surface area contributed by atoms with E-state index in [1.165, 1.54) is 0 Å². The minimum Gasteiger partial charge on any atom is -0.466 e. The van der Waals surface area contributed by atoms with Crippen molar-refractivity contribution < 1.29 is 18.3 Å². The van der Waals surface area contributed by atoms with E-state index in [-0.39, 0.29) is 26.0 Å². The fraction of sp³-hybridized carbons (Fsp3) is 0.833. The lowest BCUT2D eigenvalue weighted by molar-refractivity contribution is -0.129. The van der Waals surface area contributed by atoms with Crippen LogP contribution in [0.1, 0.15) is 6.42 Å². The first kappa shape index (κ1) is 8.39. The highest BCUT2D eigenvalue weighted by molar-refractivity contribution is 5.37. The number of rotatable bonds is 3. The third-order valence-corrected chi connectivity index (χ3v) is 1.56. The Morgan fingerprint density at radius 3 is 2.91 bits per heavy atom. The standard InChI is InChI=1S/C6H9F2NO2/c7-6(8)1-5(9-3-6)2-11-4-10/h4-5,9H,1-3H2. The van der Waals surface area contributed by atoms with Crippen molar-refractivity contribution >= 4 is 6.47 Å². The van der Waals surface area contributed by atoms with Gasteiger partial charge in [-0.15, -0.1) is 0 Å². The molecule has 0 saturated carbocycles. The molecule has 1 heterocycles. The van der Waals surface area contributed by atoms with Gasteiger partial charge in [0.2, 0.25) is 0 Å². The molecule has 0 radical (unpaired) electrons. The largest absolute Gasteiger partial charge is 0.466 e. The zero-order valence-corrected chi connectivity index (χ0v) is 5.85. The summed E-state index contributed by atoms with van der Waals surface area (Å²) in [7, 11) is 0. The molecule has 3 nitrogen and oxygen atoms in total. The minimum absolute atomic E-state index is 0.0269. The quantitative estimate of drug-likeness (QED) is 0.605. The second-order valence-electron chi connectivity index (χ2n) is 2.57. The summed E-state index contributed by atoms with van der Waals surface area (Å²) in [6.07, 6.45) is -0.249. The normalized spacial score (nSPS) is 28.4. The van der Waals surface area contributed by atoms with Crippen LogP contribution >= 0.6 is 0 Å². The number of carbonyl (C=O) groups excluding carboxylic acids is 1. The molecule has 0 amide bonds. The molecule has 0 spiro atoms. The third kappa shape index (κ3) is 2.42. The molecule has 0 aromatic carbocycles. The molecule has 11 heavy (non-hydrogen) atoms. The summed E-state index contributed by atoms with van der Waals surface area (Å²) in [4.78, 5) is 9.69. The van der Waals surface area contributed by atoms with Crippen LogP contribution in [0, 0.1) is 0 Å². The van der Waals surface area contributed by atoms with E-state index in [0.29, 0.717) is 0 Å². The fourth-order valence-electron chi connectivity index (χ4n) is 1.07. The summed E-state index contributed by atoms with van der Waals surface area (Å²) in [5.74, 6) is -2.64. The number of hydrogen-bond donors (Lipinski definition) is 1. The van der Waals surface area contributed by atoms with Gasteiger partial charge in [0.1, 0.15) is 6.61 Å². The summed E-state index contributed by atoms with van der Waals surface area (Å²) < 4.78 is 29.2. The Labute approximate surface area is 62.7 Å². The average Bonchev–Trinajstić information content (AvgIpc) is 2.26. The number of halogens is 2. The van der Waals surface area contributed by atoms with Crippen molar-refractivity contribution in [2.75, 3.05) is 13.2 Å². The molecule has 0 bridgehead atoms. The minimum atomic E-state index is -2.64. The van der Waals surface area contributed by atoms with Gasteiger partial charge in [-0.25, -0.2) is 8.78 Å². The van der Waals surface area contributed by atoms with Crippen molar-refractivity contribution in [1.82, 2.24) is 5.32 Å². The van der Waals surface area contributed by atoms with Crippen molar-refractivity contribution in [2.45, 2.75) is 18.4 Å². The lowest BCUT2D eigenvalue weighted by Gasteiger charge is -2.07. The molecule has 1 unspecified atom stereocenters. The van der Waals surface area contributed by atoms with E-state index in [0.717, 1.165) is 0 Å². The highest BCUT2D eigenvalue weighted by Gasteiger charge is 2.39. The molecule has 1 aliphatic rings. The van der Waals surface area contributed by atoms with Crippen molar-refractivity contribution in [3.63, 3.8) is 0 Å². The maximum Gasteiger partial charge on any atom is 0.293 e. The molecule has 1 rings (SSSR count). The Hall–Kier alpha value is -0.710. The van der Waals surface area contributed by atoms with E-state index in [1.54, 1.807) is 0 Å². The van der Waals surface area contributed by atoms with Gasteiger partial charge < -0.3 is 10.1 Å². The third-order valence-electron chi connectivity index (χ3n) is 1.56. The first-order chi connectivity index (χ1) is 5.14. The van der Waals surface area contributed by atoms with Crippen molar-refractivity contribution in [3.8, 4) is 0 Å². The van der Waals surface area contributed by atoms with Crippen molar-refractivity contribution in [1.29, 1.82) is 0 Å². The van der Waals surface area contributed by atoms with E-state index in [1.807, 2.05) is 0 Å². The van der Waals surface area contributed by atoms with E-state index < -0.39 is 12.0 Å². The van der Waals surface area contributed by atoms with Gasteiger partial charge in [-0.1, -0.05) is 0 Å². The first-order valence-corrected chi connectivity index (χ1v) is 3.30. The number of hydrogen-bond acceptors (Lipinski definition) is 3. The maximum atomic E-state index is 12.4. The van der Waals surface area contributed by atoms with E-state index in [4.69, 9.17) is 0 Å². The fourth-order valence-corrected chi connectivity index (χ4v) is 1.07. The second-order valence-corrected chi connectivity index (χ2v) is 2.57. The molecular formula is C6H9F2NO2. The molecule has 1 N–H and O–H groups in total. The van der Waals surface area contributed by atoms with Gasteiger partial charge in [-0.05, 0) is 0 Å². The van der Waals surface area contributed by atoms with Crippen LogP contribution < -0.4 is 5.32 Å². The van der Waals surface area contributed by atoms with Gasteiger partial charge in [0.05, 0.1) is 6.54 Å². The van der Waals surface area contributed by atoms with Crippen LogP contribution in [-0.4, -0.2) is 31.6 Å². The smallest absolute Gasteiger partial charge is 0.293 e. The Bertz CT molecular complexity index is 152. The average molecular weight is 165 g/mol. The maximum absolute atomic E-state index is 12.4. The van der Waals surface area contributed by atoms with Crippen LogP contribution in [0.4, 0.5) is 8.78 Å². The van der Waals surface area contributed by atoms with Crippen LogP contribution in [0.15, 0.2) is 0 Å². The van der Waals surface area contributed by atoms with Crippen LogP contribution in [-0.2, 0) is 9.53 Å². The summed E-state index contributed by atoms with van der Waals surface area (Å²) in [5.41, 5.74) is 0. The molecule has 1 fully saturated rings. The molecule has 64 valence electrons. The molecular weight excluding hydrogens is 156 g/mol. The predicted molar refractivity (Wildman–Crippen MR) is 33.4 cm³/mol.